The van der Waals surface area contributed by atoms with Gasteiger partial charge >= 0.3 is 0 Å². The van der Waals surface area contributed by atoms with Crippen molar-refractivity contribution in [2.75, 3.05) is 18.5 Å². The Bertz CT molecular complexity index is 273. The number of hydrogen-bond donors (Lipinski definition) is 1. The summed E-state index contributed by atoms with van der Waals surface area (Å²) in [5, 5.41) is 3.15. The van der Waals surface area contributed by atoms with Gasteiger partial charge in [0.05, 0.1) is 19.3 Å². The molecule has 3 heteroatoms. The van der Waals surface area contributed by atoms with Gasteiger partial charge in [-0.1, -0.05) is 6.07 Å². The zero-order valence-electron chi connectivity index (χ0n) is 6.59. The van der Waals surface area contributed by atoms with E-state index in [2.05, 4.69) is 5.32 Å². The molecule has 0 atom stereocenters. The van der Waals surface area contributed by atoms with E-state index in [4.69, 9.17) is 4.74 Å². The molecule has 1 fully saturated rings. The van der Waals surface area contributed by atoms with Crippen LogP contribution in [0.5, 0.6) is 0 Å². The minimum absolute atomic E-state index is 0.208. The lowest BCUT2D eigenvalue weighted by Crippen LogP contribution is -2.40. The van der Waals surface area contributed by atoms with E-state index in [1.807, 2.05) is 6.07 Å². The molecule has 2 nitrogen and oxygen atoms in total. The molecule has 1 saturated heterocycles. The van der Waals surface area contributed by atoms with Gasteiger partial charge in [0.2, 0.25) is 0 Å². The van der Waals surface area contributed by atoms with Crippen molar-refractivity contribution < 1.29 is 9.13 Å². The van der Waals surface area contributed by atoms with Crippen LogP contribution in [0.25, 0.3) is 0 Å². The number of hydrogen-bond acceptors (Lipinski definition) is 2. The Labute approximate surface area is 70.3 Å². The highest BCUT2D eigenvalue weighted by Crippen LogP contribution is 2.13. The number of halogens is 1. The fourth-order valence-corrected chi connectivity index (χ4v) is 1.13. The first-order valence-electron chi connectivity index (χ1n) is 3.94. The average molecular weight is 167 g/mol. The van der Waals surface area contributed by atoms with Crippen molar-refractivity contribution in [3.63, 3.8) is 0 Å². The molecule has 0 bridgehead atoms. The van der Waals surface area contributed by atoms with Crippen molar-refractivity contribution in [1.82, 2.24) is 0 Å². The summed E-state index contributed by atoms with van der Waals surface area (Å²) in [6, 6.07) is 6.81. The van der Waals surface area contributed by atoms with Crippen LogP contribution in [-0.4, -0.2) is 19.3 Å². The van der Waals surface area contributed by atoms with Crippen LogP contribution in [-0.2, 0) is 4.74 Å². The summed E-state index contributed by atoms with van der Waals surface area (Å²) in [6.07, 6.45) is 0. The Balaban J connectivity index is 2.02. The van der Waals surface area contributed by atoms with E-state index >= 15 is 0 Å². The molecule has 1 heterocycles. The largest absolute Gasteiger partial charge is 0.378 e. The lowest BCUT2D eigenvalue weighted by atomic mass is 10.2. The number of rotatable bonds is 2. The Morgan fingerprint density at radius 1 is 1.42 bits per heavy atom. The first-order chi connectivity index (χ1) is 5.84. The molecule has 2 rings (SSSR count). The summed E-state index contributed by atoms with van der Waals surface area (Å²) < 4.78 is 17.6. The second-order valence-corrected chi connectivity index (χ2v) is 2.89. The van der Waals surface area contributed by atoms with Gasteiger partial charge in [-0.05, 0) is 18.2 Å². The van der Waals surface area contributed by atoms with Gasteiger partial charge < -0.3 is 10.1 Å². The molecule has 1 aromatic carbocycles. The van der Waals surface area contributed by atoms with Crippen LogP contribution in [0.1, 0.15) is 0 Å². The van der Waals surface area contributed by atoms with E-state index in [0.717, 1.165) is 18.9 Å². The van der Waals surface area contributed by atoms with Crippen LogP contribution in [0.4, 0.5) is 10.1 Å². The van der Waals surface area contributed by atoms with Crippen molar-refractivity contribution in [1.29, 1.82) is 0 Å². The minimum Gasteiger partial charge on any atom is -0.378 e. The van der Waals surface area contributed by atoms with E-state index in [9.17, 15) is 4.39 Å². The monoisotopic (exact) mass is 167 g/mol. The quantitative estimate of drug-likeness (QED) is 0.722. The summed E-state index contributed by atoms with van der Waals surface area (Å²) in [5.74, 6) is -0.208. The summed E-state index contributed by atoms with van der Waals surface area (Å²) >= 11 is 0. The van der Waals surface area contributed by atoms with Crippen LogP contribution >= 0.6 is 0 Å². The van der Waals surface area contributed by atoms with Crippen molar-refractivity contribution in [2.45, 2.75) is 6.04 Å². The predicted molar refractivity (Wildman–Crippen MR) is 44.6 cm³/mol. The fraction of sp³-hybridized carbons (Fsp3) is 0.333. The summed E-state index contributed by atoms with van der Waals surface area (Å²) in [6.45, 7) is 1.44. The third-order valence-corrected chi connectivity index (χ3v) is 1.83. The smallest absolute Gasteiger partial charge is 0.125 e. The van der Waals surface area contributed by atoms with Crippen molar-refractivity contribution in [3.05, 3.63) is 30.1 Å². The first kappa shape index (κ1) is 7.55. The molecular formula is C9H10FNO. The first-order valence-corrected chi connectivity index (χ1v) is 3.94. The third kappa shape index (κ3) is 1.56. The standard InChI is InChI=1S/C9H10FNO/c10-7-2-1-3-8(4-7)11-9-5-12-6-9/h1-4,9,11H,5-6H2. The topological polar surface area (TPSA) is 21.3 Å². The number of ether oxygens (including phenoxy) is 1. The Morgan fingerprint density at radius 3 is 2.83 bits per heavy atom. The molecule has 0 spiro atoms. The van der Waals surface area contributed by atoms with Gasteiger partial charge in [0.15, 0.2) is 0 Å². The molecule has 1 aliphatic rings. The van der Waals surface area contributed by atoms with E-state index in [0.29, 0.717) is 6.04 Å². The maximum absolute atomic E-state index is 12.7. The average Bonchev–Trinajstić information content (AvgIpc) is 1.97. The zero-order valence-corrected chi connectivity index (χ0v) is 6.59. The molecule has 0 aliphatic carbocycles. The highest BCUT2D eigenvalue weighted by Gasteiger charge is 2.17. The van der Waals surface area contributed by atoms with Crippen molar-refractivity contribution in [2.24, 2.45) is 0 Å². The van der Waals surface area contributed by atoms with E-state index in [1.165, 1.54) is 12.1 Å². The number of benzene rings is 1. The van der Waals surface area contributed by atoms with Gasteiger partial charge in [-0.2, -0.15) is 0 Å². The van der Waals surface area contributed by atoms with Crippen LogP contribution < -0.4 is 5.32 Å². The lowest BCUT2D eigenvalue weighted by molar-refractivity contribution is 0.0211. The number of nitrogens with one attached hydrogen (secondary N) is 1. The van der Waals surface area contributed by atoms with Gasteiger partial charge in [-0.3, -0.25) is 0 Å². The fourth-order valence-electron chi connectivity index (χ4n) is 1.13. The molecule has 0 radical (unpaired) electrons. The highest BCUT2D eigenvalue weighted by atomic mass is 19.1. The molecule has 64 valence electrons. The summed E-state index contributed by atoms with van der Waals surface area (Å²) in [5.41, 5.74) is 0.823. The maximum Gasteiger partial charge on any atom is 0.125 e. The second-order valence-electron chi connectivity index (χ2n) is 2.89. The molecule has 1 N–H and O–H groups in total. The molecule has 1 aliphatic heterocycles. The van der Waals surface area contributed by atoms with Gasteiger partial charge in [0, 0.05) is 5.69 Å². The maximum atomic E-state index is 12.7. The molecule has 0 saturated carbocycles. The second kappa shape index (κ2) is 3.11. The van der Waals surface area contributed by atoms with Gasteiger partial charge in [-0.25, -0.2) is 4.39 Å². The molecule has 0 aromatic heterocycles. The van der Waals surface area contributed by atoms with E-state index in [1.54, 1.807) is 6.07 Å². The Morgan fingerprint density at radius 2 is 2.25 bits per heavy atom. The Kier molecular flexibility index (Phi) is 1.96. The molecular weight excluding hydrogens is 157 g/mol. The zero-order chi connectivity index (χ0) is 8.39. The molecule has 12 heavy (non-hydrogen) atoms. The van der Waals surface area contributed by atoms with Gasteiger partial charge in [0.25, 0.3) is 0 Å². The molecule has 0 amide bonds. The predicted octanol–water partition coefficient (Wildman–Crippen LogP) is 1.64. The SMILES string of the molecule is Fc1cccc(NC2COC2)c1. The normalized spacial score (nSPS) is 17.1. The van der Waals surface area contributed by atoms with Crippen LogP contribution in [0.3, 0.4) is 0 Å². The van der Waals surface area contributed by atoms with Crippen LogP contribution in [0, 0.1) is 5.82 Å². The van der Waals surface area contributed by atoms with E-state index in [-0.39, 0.29) is 5.82 Å². The summed E-state index contributed by atoms with van der Waals surface area (Å²) in [7, 11) is 0. The molecule has 0 unspecified atom stereocenters. The van der Waals surface area contributed by atoms with Crippen molar-refractivity contribution >= 4 is 5.69 Å². The highest BCUT2D eigenvalue weighted by molar-refractivity contribution is 5.44. The molecule has 1 aromatic rings. The Hall–Kier alpha value is -1.09. The third-order valence-electron chi connectivity index (χ3n) is 1.83. The van der Waals surface area contributed by atoms with E-state index < -0.39 is 0 Å². The van der Waals surface area contributed by atoms with Crippen LogP contribution in [0.15, 0.2) is 24.3 Å². The van der Waals surface area contributed by atoms with Gasteiger partial charge in [-0.15, -0.1) is 0 Å². The van der Waals surface area contributed by atoms with Crippen LogP contribution in [0.2, 0.25) is 0 Å². The number of anilines is 1. The van der Waals surface area contributed by atoms with Crippen molar-refractivity contribution in [3.8, 4) is 0 Å². The summed E-state index contributed by atoms with van der Waals surface area (Å²) in [4.78, 5) is 0. The lowest BCUT2D eigenvalue weighted by Gasteiger charge is -2.27. The van der Waals surface area contributed by atoms with Gasteiger partial charge in [0.1, 0.15) is 5.82 Å². The minimum atomic E-state index is -0.208.